The van der Waals surface area contributed by atoms with Gasteiger partial charge in [0.15, 0.2) is 23.3 Å². The monoisotopic (exact) mass is 1960 g/mol. The lowest BCUT2D eigenvalue weighted by Gasteiger charge is -2.30. The second-order valence-corrected chi connectivity index (χ2v) is 41.5. The zero-order valence-electron chi connectivity index (χ0n) is 80.6. The Balaban J connectivity index is 0.000000206. The molecule has 12 aromatic rings. The van der Waals surface area contributed by atoms with E-state index in [2.05, 4.69) is 53.0 Å². The Kier molecular flexibility index (Phi) is 41.8. The summed E-state index contributed by atoms with van der Waals surface area (Å²) in [5.41, 5.74) is 9.87. The smallest absolute Gasteiger partial charge is 0.220 e. The number of hydrogen-bond donors (Lipinski definition) is 2. The van der Waals surface area contributed by atoms with Crippen molar-refractivity contribution >= 4 is 40.1 Å². The van der Waals surface area contributed by atoms with Crippen LogP contribution in [0.25, 0.3) is 0 Å². The van der Waals surface area contributed by atoms with E-state index in [0.29, 0.717) is 57.6 Å². The number of methoxy groups -OCH3 is 8. The van der Waals surface area contributed by atoms with Gasteiger partial charge in [-0.05, 0) is 219 Å². The van der Waals surface area contributed by atoms with E-state index in [4.69, 9.17) is 47.4 Å². The lowest BCUT2D eigenvalue weighted by atomic mass is 10.2. The van der Waals surface area contributed by atoms with Gasteiger partial charge in [-0.1, -0.05) is 109 Å². The van der Waals surface area contributed by atoms with Gasteiger partial charge in [0, 0.05) is 102 Å². The number of rotatable bonds is 46. The molecule has 0 aliphatic rings. The van der Waals surface area contributed by atoms with E-state index in [0.717, 1.165) is 66.8 Å². The zero-order chi connectivity index (χ0) is 100. The van der Waals surface area contributed by atoms with Crippen molar-refractivity contribution in [2.75, 3.05) is 70.1 Å². The van der Waals surface area contributed by atoms with E-state index in [9.17, 15) is 43.9 Å². The molecule has 138 heavy (non-hydrogen) atoms. The quantitative estimate of drug-likeness (QED) is 0.0335. The van der Waals surface area contributed by atoms with Gasteiger partial charge in [0.05, 0.1) is 70.1 Å². The van der Waals surface area contributed by atoms with Crippen LogP contribution in [0, 0.1) is 27.7 Å². The molecule has 0 aliphatic carbocycles. The number of hydrogen-bond acceptors (Lipinski definition) is 28. The summed E-state index contributed by atoms with van der Waals surface area (Å²) in [6.45, 7) is 22.5. The molecular formula is C102H124N12O20S4. The fourth-order valence-corrected chi connectivity index (χ4v) is 20.2. The molecule has 0 radical (unpaired) electrons. The number of aryl methyl sites for hydroxylation is 4. The Morgan fingerprint density at radius 2 is 0.406 bits per heavy atom. The molecule has 36 heteroatoms. The van der Waals surface area contributed by atoms with E-state index >= 15 is 0 Å². The van der Waals surface area contributed by atoms with Crippen LogP contribution in [0.15, 0.2) is 269 Å². The fourth-order valence-electron chi connectivity index (χ4n) is 13.8. The summed E-state index contributed by atoms with van der Waals surface area (Å²) in [5.74, 6) is 6.31. The van der Waals surface area contributed by atoms with Gasteiger partial charge in [-0.25, -0.2) is 73.5 Å². The van der Waals surface area contributed by atoms with Crippen molar-refractivity contribution < 1.29 is 91.3 Å². The number of aliphatic hydroxyl groups excluding tert-OH is 2. The number of aromatic nitrogens is 8. The van der Waals surface area contributed by atoms with Gasteiger partial charge in [0.25, 0.3) is 0 Å². The standard InChI is InChI=1S/2C27H33N3O5S.2C24H29N3O5S/c2*1-6-15-35-26(27-28-16-20(2)17-29-27)21(3)36(31,32)30(18-22-7-11-24(33-4)12-8-22)19-23-9-13-25(34-5)14-10-23;2*1-17-13-25-24(26-14-17)23(28)18(2)33(29,30)27(15-19-5-9-21(31-3)10-6-19)16-20-7-11-22(32-4)12-8-20/h2*6-14,16-17,21,26H,1,15,18-19H2,2-5H3;2*5-14,18,23,28H,15-16H2,1-4H3/t2*21-,26+;2*18-,23+/m1010/s1. The van der Waals surface area contributed by atoms with Crippen molar-refractivity contribution in [2.45, 2.75) is 153 Å². The third-order valence-electron chi connectivity index (χ3n) is 22.2. The fraction of sp³-hybridized carbons (Fsp3) is 0.333. The first-order valence-electron chi connectivity index (χ1n) is 44.0. The van der Waals surface area contributed by atoms with E-state index in [1.54, 1.807) is 181 Å². The van der Waals surface area contributed by atoms with Crippen LogP contribution in [0.5, 0.6) is 46.0 Å². The normalized spacial score (nSPS) is 13.4. The minimum Gasteiger partial charge on any atom is -0.497 e. The minimum atomic E-state index is -3.95. The van der Waals surface area contributed by atoms with Crippen LogP contribution in [-0.4, -0.2) is 192 Å². The van der Waals surface area contributed by atoms with Crippen molar-refractivity contribution in [3.8, 4) is 46.0 Å². The van der Waals surface area contributed by atoms with Crippen LogP contribution in [0.4, 0.5) is 0 Å². The van der Waals surface area contributed by atoms with Crippen molar-refractivity contribution in [3.63, 3.8) is 0 Å². The number of ether oxygens (including phenoxy) is 10. The van der Waals surface area contributed by atoms with Gasteiger partial charge in [0.2, 0.25) is 40.1 Å². The van der Waals surface area contributed by atoms with E-state index < -0.39 is 85.5 Å². The average Bonchev–Trinajstić information content (AvgIpc) is 0.803. The van der Waals surface area contributed by atoms with Gasteiger partial charge >= 0.3 is 0 Å². The van der Waals surface area contributed by atoms with Crippen LogP contribution in [0.3, 0.4) is 0 Å². The first-order chi connectivity index (χ1) is 66.0. The van der Waals surface area contributed by atoms with Crippen molar-refractivity contribution in [1.29, 1.82) is 0 Å². The molecule has 0 saturated carbocycles. The molecule has 0 spiro atoms. The van der Waals surface area contributed by atoms with Gasteiger partial charge in [-0.15, -0.1) is 13.2 Å². The highest BCUT2D eigenvalue weighted by Crippen LogP contribution is 2.35. The zero-order valence-corrected chi connectivity index (χ0v) is 83.9. The van der Waals surface area contributed by atoms with Gasteiger partial charge in [0.1, 0.15) is 91.4 Å². The highest BCUT2D eigenvalue weighted by molar-refractivity contribution is 7.90. The molecule has 32 nitrogen and oxygen atoms in total. The molecule has 8 aromatic carbocycles. The van der Waals surface area contributed by atoms with Crippen molar-refractivity contribution in [3.05, 3.63) is 359 Å². The largest absolute Gasteiger partial charge is 0.497 e. The molecule has 0 saturated heterocycles. The molecule has 4 aromatic heterocycles. The Morgan fingerprint density at radius 3 is 0.551 bits per heavy atom. The third-order valence-corrected chi connectivity index (χ3v) is 30.9. The van der Waals surface area contributed by atoms with Crippen LogP contribution in [0.2, 0.25) is 0 Å². The third kappa shape index (κ3) is 31.2. The van der Waals surface area contributed by atoms with Crippen LogP contribution in [-0.2, 0) is 102 Å². The molecule has 4 heterocycles. The summed E-state index contributed by atoms with van der Waals surface area (Å²) in [5, 5.41) is 17.3. The predicted molar refractivity (Wildman–Crippen MR) is 529 cm³/mol. The molecule has 8 atom stereocenters. The molecule has 736 valence electrons. The minimum absolute atomic E-state index is 0.0746. The molecule has 2 N–H and O–H groups in total. The lowest BCUT2D eigenvalue weighted by Crippen LogP contribution is -2.40. The highest BCUT2D eigenvalue weighted by atomic mass is 32.2. The summed E-state index contributed by atoms with van der Waals surface area (Å²) < 4.78 is 170. The molecule has 0 amide bonds. The molecule has 0 bridgehead atoms. The van der Waals surface area contributed by atoms with Gasteiger partial charge in [-0.2, -0.15) is 17.2 Å². The first-order valence-corrected chi connectivity index (χ1v) is 50.0. The predicted octanol–water partition coefficient (Wildman–Crippen LogP) is 15.4. The molecule has 12 rings (SSSR count). The lowest BCUT2D eigenvalue weighted by molar-refractivity contribution is 0.0653. The molecule has 0 fully saturated rings. The van der Waals surface area contributed by atoms with Crippen LogP contribution >= 0.6 is 0 Å². The first kappa shape index (κ1) is 109. The maximum absolute atomic E-state index is 14.0. The van der Waals surface area contributed by atoms with E-state index in [1.165, 1.54) is 31.1 Å². The Hall–Kier alpha value is -12.6. The second kappa shape index (κ2) is 52.8. The average molecular weight is 1970 g/mol. The second-order valence-electron chi connectivity index (χ2n) is 32.3. The van der Waals surface area contributed by atoms with Crippen molar-refractivity contribution in [2.24, 2.45) is 0 Å². The number of nitrogens with zero attached hydrogens (tertiary/aromatic N) is 12. The van der Waals surface area contributed by atoms with Gasteiger partial charge in [-0.3, -0.25) is 0 Å². The summed E-state index contributed by atoms with van der Waals surface area (Å²) in [6.07, 6.45) is 11.5. The highest BCUT2D eigenvalue weighted by Gasteiger charge is 2.42. The molecule has 0 aliphatic heterocycles. The van der Waals surface area contributed by atoms with Crippen molar-refractivity contribution in [1.82, 2.24) is 57.1 Å². The SMILES string of the molecule is C=CCO[C@@H](c1ncc(C)cn1)[C@H](C)S(=O)(=O)N(Cc1ccc(OC)cc1)Cc1ccc(OC)cc1.C=CCO[C@H](c1ncc(C)cn1)[C@@H](C)S(=O)(=O)N(Cc1ccc(OC)cc1)Cc1ccc(OC)cc1.COc1ccc(CN(Cc2ccc(OC)cc2)S(=O)(=O)[C@@H](C)[C@@H](O)c2ncc(C)cn2)cc1.COc1ccc(CN(Cc2ccc(OC)cc2)S(=O)(=O)[C@H](C)[C@H](O)c2ncc(C)cn2)cc1. The Bertz CT molecular complexity index is 5650. The Morgan fingerprint density at radius 1 is 0.261 bits per heavy atom. The number of aliphatic hydroxyl groups is 2. The van der Waals surface area contributed by atoms with E-state index in [-0.39, 0.29) is 77.2 Å². The summed E-state index contributed by atoms with van der Waals surface area (Å²) in [6, 6.07) is 58.2. The van der Waals surface area contributed by atoms with Gasteiger partial charge < -0.3 is 57.6 Å². The number of benzene rings is 8. The maximum atomic E-state index is 14.0. The van der Waals surface area contributed by atoms with E-state index in [1.807, 2.05) is 173 Å². The van der Waals surface area contributed by atoms with Crippen LogP contribution < -0.4 is 37.9 Å². The summed E-state index contributed by atoms with van der Waals surface area (Å²) in [4.78, 5) is 33.8. The molecular weight excluding hydrogens is 1840 g/mol. The summed E-state index contributed by atoms with van der Waals surface area (Å²) >= 11 is 0. The summed E-state index contributed by atoms with van der Waals surface area (Å²) in [7, 11) is -3.00. The topological polar surface area (TPSA) is 385 Å². The Labute approximate surface area is 811 Å². The maximum Gasteiger partial charge on any atom is 0.220 e. The number of sulfonamides is 4. The van der Waals surface area contributed by atoms with Crippen LogP contribution in [0.1, 0.15) is 142 Å². The molecule has 0 unspecified atom stereocenters.